The largest absolute Gasteiger partial charge is 0.383 e. The van der Waals surface area contributed by atoms with Crippen LogP contribution in [0.5, 0.6) is 0 Å². The quantitative estimate of drug-likeness (QED) is 0.764. The maximum absolute atomic E-state index is 13.3. The summed E-state index contributed by atoms with van der Waals surface area (Å²) < 4.78 is 31.7. The molecule has 1 N–H and O–H groups in total. The van der Waals surface area contributed by atoms with Crippen molar-refractivity contribution in [1.29, 1.82) is 0 Å². The average molecular weight is 264 g/mol. The van der Waals surface area contributed by atoms with E-state index in [1.807, 2.05) is 0 Å². The lowest BCUT2D eigenvalue weighted by molar-refractivity contribution is 0.163. The van der Waals surface area contributed by atoms with Gasteiger partial charge >= 0.3 is 0 Å². The molecule has 0 saturated heterocycles. The number of benzene rings is 1. The van der Waals surface area contributed by atoms with E-state index in [0.29, 0.717) is 18.9 Å². The number of hydrogen-bond acceptors (Lipinski definition) is 2. The van der Waals surface area contributed by atoms with Gasteiger partial charge in [0.05, 0.1) is 6.61 Å². The van der Waals surface area contributed by atoms with E-state index in [1.165, 1.54) is 18.2 Å². The Morgan fingerprint density at radius 3 is 2.53 bits per heavy atom. The Labute approximate surface area is 105 Å². The van der Waals surface area contributed by atoms with Crippen molar-refractivity contribution in [2.24, 2.45) is 0 Å². The van der Waals surface area contributed by atoms with Crippen LogP contribution in [-0.2, 0) is 11.3 Å². The Kier molecular flexibility index (Phi) is 6.40. The predicted octanol–water partition coefficient (Wildman–Crippen LogP) is 2.70. The summed E-state index contributed by atoms with van der Waals surface area (Å²) in [4.78, 5) is 0. The van der Waals surface area contributed by atoms with Crippen molar-refractivity contribution < 1.29 is 13.5 Å². The third-order valence-electron chi connectivity index (χ3n) is 2.45. The van der Waals surface area contributed by atoms with E-state index >= 15 is 0 Å². The van der Waals surface area contributed by atoms with Crippen LogP contribution in [0.4, 0.5) is 8.78 Å². The molecule has 1 rings (SSSR count). The highest BCUT2D eigenvalue weighted by Crippen LogP contribution is 2.12. The van der Waals surface area contributed by atoms with Crippen LogP contribution in [0.25, 0.3) is 0 Å². The fourth-order valence-electron chi connectivity index (χ4n) is 1.52. The number of ether oxygens (including phenoxy) is 1. The van der Waals surface area contributed by atoms with Crippen LogP contribution < -0.4 is 5.32 Å². The third-order valence-corrected chi connectivity index (χ3v) is 2.67. The van der Waals surface area contributed by atoms with Crippen LogP contribution in [0.2, 0.25) is 0 Å². The fourth-order valence-corrected chi connectivity index (χ4v) is 1.79. The zero-order valence-corrected chi connectivity index (χ0v) is 10.4. The minimum absolute atomic E-state index is 0.00324. The van der Waals surface area contributed by atoms with Gasteiger partial charge in [0.1, 0.15) is 11.6 Å². The van der Waals surface area contributed by atoms with Gasteiger partial charge in [-0.15, -0.1) is 11.6 Å². The molecule has 0 saturated carbocycles. The number of methoxy groups -OCH3 is 1. The van der Waals surface area contributed by atoms with Crippen LogP contribution in [0.1, 0.15) is 12.0 Å². The van der Waals surface area contributed by atoms with Gasteiger partial charge in [-0.2, -0.15) is 0 Å². The van der Waals surface area contributed by atoms with E-state index in [0.717, 1.165) is 0 Å². The normalized spacial score (nSPS) is 12.7. The zero-order valence-electron chi connectivity index (χ0n) is 9.68. The lowest BCUT2D eigenvalue weighted by atomic mass is 10.1. The number of nitrogens with one attached hydrogen (secondary N) is 1. The summed E-state index contributed by atoms with van der Waals surface area (Å²) in [6, 6.07) is 3.83. The SMILES string of the molecule is COCC(CCCl)NCc1c(F)cccc1F. The lowest BCUT2D eigenvalue weighted by Crippen LogP contribution is -2.33. The van der Waals surface area contributed by atoms with E-state index < -0.39 is 11.6 Å². The van der Waals surface area contributed by atoms with E-state index in [9.17, 15) is 8.78 Å². The van der Waals surface area contributed by atoms with Crippen molar-refractivity contribution in [2.75, 3.05) is 19.6 Å². The van der Waals surface area contributed by atoms with Gasteiger partial charge in [0.2, 0.25) is 0 Å². The highest BCUT2D eigenvalue weighted by atomic mass is 35.5. The van der Waals surface area contributed by atoms with Crippen molar-refractivity contribution in [2.45, 2.75) is 19.0 Å². The first-order chi connectivity index (χ1) is 8.19. The second-order valence-corrected chi connectivity index (χ2v) is 4.09. The summed E-state index contributed by atoms with van der Waals surface area (Å²) in [5.41, 5.74) is 0.0446. The summed E-state index contributed by atoms with van der Waals surface area (Å²) in [7, 11) is 1.58. The standard InChI is InChI=1S/C12H16ClF2NO/c1-17-8-9(5-6-13)16-7-10-11(14)3-2-4-12(10)15/h2-4,9,16H,5-8H2,1H3. The molecule has 1 atom stereocenters. The van der Waals surface area contributed by atoms with Gasteiger partial charge in [-0.1, -0.05) is 6.07 Å². The third kappa shape index (κ3) is 4.58. The molecule has 0 heterocycles. The van der Waals surface area contributed by atoms with Gasteiger partial charge in [0.15, 0.2) is 0 Å². The first-order valence-electron chi connectivity index (χ1n) is 5.40. The first kappa shape index (κ1) is 14.4. The minimum Gasteiger partial charge on any atom is -0.383 e. The van der Waals surface area contributed by atoms with Gasteiger partial charge in [-0.25, -0.2) is 8.78 Å². The maximum atomic E-state index is 13.3. The van der Waals surface area contributed by atoms with Gasteiger partial charge in [-0.05, 0) is 18.6 Å². The van der Waals surface area contributed by atoms with E-state index in [2.05, 4.69) is 5.32 Å². The maximum Gasteiger partial charge on any atom is 0.130 e. The molecule has 0 spiro atoms. The van der Waals surface area contributed by atoms with Gasteiger partial charge in [0.25, 0.3) is 0 Å². The Balaban J connectivity index is 2.58. The van der Waals surface area contributed by atoms with Gasteiger partial charge in [-0.3, -0.25) is 0 Å². The summed E-state index contributed by atoms with van der Waals surface area (Å²) in [5, 5.41) is 3.03. The molecular formula is C12H16ClF2NO. The predicted molar refractivity (Wildman–Crippen MR) is 64.2 cm³/mol. The molecule has 0 radical (unpaired) electrons. The van der Waals surface area contributed by atoms with E-state index in [4.69, 9.17) is 16.3 Å². The molecule has 0 aromatic heterocycles. The van der Waals surface area contributed by atoms with Crippen LogP contribution in [0.3, 0.4) is 0 Å². The van der Waals surface area contributed by atoms with Crippen molar-refractivity contribution in [3.8, 4) is 0 Å². The van der Waals surface area contributed by atoms with E-state index in [-0.39, 0.29) is 18.2 Å². The van der Waals surface area contributed by atoms with E-state index in [1.54, 1.807) is 7.11 Å². The molecule has 17 heavy (non-hydrogen) atoms. The van der Waals surface area contributed by atoms with Gasteiger partial charge < -0.3 is 10.1 Å². The Bertz CT molecular complexity index is 323. The van der Waals surface area contributed by atoms with Crippen molar-refractivity contribution >= 4 is 11.6 Å². The highest BCUT2D eigenvalue weighted by molar-refractivity contribution is 6.17. The van der Waals surface area contributed by atoms with Crippen LogP contribution in [0.15, 0.2) is 18.2 Å². The smallest absolute Gasteiger partial charge is 0.130 e. The summed E-state index contributed by atoms with van der Waals surface area (Å²) in [6.45, 7) is 0.589. The number of hydrogen-bond donors (Lipinski definition) is 1. The molecule has 1 aromatic carbocycles. The minimum atomic E-state index is -0.542. The molecule has 0 aliphatic rings. The van der Waals surface area contributed by atoms with Crippen molar-refractivity contribution in [3.63, 3.8) is 0 Å². The Hall–Kier alpha value is -0.710. The highest BCUT2D eigenvalue weighted by Gasteiger charge is 2.11. The molecule has 0 fully saturated rings. The van der Waals surface area contributed by atoms with Crippen LogP contribution in [0, 0.1) is 11.6 Å². The molecule has 0 aliphatic carbocycles. The Morgan fingerprint density at radius 1 is 1.35 bits per heavy atom. The zero-order chi connectivity index (χ0) is 12.7. The second kappa shape index (κ2) is 7.58. The van der Waals surface area contributed by atoms with Gasteiger partial charge in [0, 0.05) is 31.1 Å². The molecule has 96 valence electrons. The van der Waals surface area contributed by atoms with Crippen LogP contribution >= 0.6 is 11.6 Å². The number of rotatable bonds is 7. The summed E-state index contributed by atoms with van der Waals surface area (Å²) >= 11 is 5.63. The summed E-state index contributed by atoms with van der Waals surface area (Å²) in [6.07, 6.45) is 0.686. The second-order valence-electron chi connectivity index (χ2n) is 3.71. The monoisotopic (exact) mass is 263 g/mol. The molecule has 2 nitrogen and oxygen atoms in total. The molecule has 0 bridgehead atoms. The topological polar surface area (TPSA) is 21.3 Å². The van der Waals surface area contributed by atoms with Crippen molar-refractivity contribution in [1.82, 2.24) is 5.32 Å². The molecule has 1 unspecified atom stereocenters. The Morgan fingerprint density at radius 2 is 2.00 bits per heavy atom. The first-order valence-corrected chi connectivity index (χ1v) is 5.93. The van der Waals surface area contributed by atoms with Crippen molar-refractivity contribution in [3.05, 3.63) is 35.4 Å². The molecule has 5 heteroatoms. The fraction of sp³-hybridized carbons (Fsp3) is 0.500. The van der Waals surface area contributed by atoms with Crippen LogP contribution in [-0.4, -0.2) is 25.6 Å². The number of alkyl halides is 1. The molecule has 0 amide bonds. The molecular weight excluding hydrogens is 248 g/mol. The number of halogens is 3. The lowest BCUT2D eigenvalue weighted by Gasteiger charge is -2.17. The average Bonchev–Trinajstić information content (AvgIpc) is 2.29. The molecule has 0 aliphatic heterocycles. The summed E-state index contributed by atoms with van der Waals surface area (Å²) in [5.74, 6) is -0.611. The molecule has 1 aromatic rings.